The number of fused-ring (bicyclic) bond motifs is 5. The lowest BCUT2D eigenvalue weighted by molar-refractivity contribution is -0.129. The zero-order chi connectivity index (χ0) is 17.4. The highest BCUT2D eigenvalue weighted by molar-refractivity contribution is 5.87. The van der Waals surface area contributed by atoms with Crippen LogP contribution in [-0.2, 0) is 16.0 Å². The molecule has 0 aliphatic heterocycles. The summed E-state index contributed by atoms with van der Waals surface area (Å²) < 4.78 is 11.2. The molecular weight excluding hydrogens is 312 g/mol. The summed E-state index contributed by atoms with van der Waals surface area (Å²) in [6, 6.07) is 6.66. The third kappa shape index (κ3) is 2.91. The van der Waals surface area contributed by atoms with Crippen molar-refractivity contribution in [1.82, 2.24) is 0 Å². The van der Waals surface area contributed by atoms with E-state index in [1.807, 2.05) is 6.92 Å². The van der Waals surface area contributed by atoms with Crippen molar-refractivity contribution in [3.05, 3.63) is 29.3 Å². The molecule has 0 spiro atoms. The van der Waals surface area contributed by atoms with E-state index in [1.165, 1.54) is 24.0 Å². The first-order valence-corrected chi connectivity index (χ1v) is 10.00. The molecule has 0 heterocycles. The molecule has 2 saturated carbocycles. The highest BCUT2D eigenvalue weighted by atomic mass is 16.5. The van der Waals surface area contributed by atoms with Crippen LogP contribution in [-0.4, -0.2) is 25.6 Å². The topological polar surface area (TPSA) is 35.5 Å². The van der Waals surface area contributed by atoms with Crippen molar-refractivity contribution < 1.29 is 14.3 Å². The minimum absolute atomic E-state index is 0.0268. The van der Waals surface area contributed by atoms with Gasteiger partial charge in [0.05, 0.1) is 6.61 Å². The first kappa shape index (κ1) is 17.1. The molecule has 2 fully saturated rings. The van der Waals surface area contributed by atoms with E-state index in [9.17, 15) is 4.79 Å². The molecule has 0 aromatic heterocycles. The molecule has 0 bridgehead atoms. The van der Waals surface area contributed by atoms with Crippen LogP contribution in [0.4, 0.5) is 0 Å². The molecule has 3 aliphatic carbocycles. The largest absolute Gasteiger partial charge is 0.491 e. The number of ketones is 1. The molecule has 0 radical (unpaired) electrons. The molecule has 3 heteroatoms. The summed E-state index contributed by atoms with van der Waals surface area (Å²) in [5, 5.41) is 0. The van der Waals surface area contributed by atoms with Crippen LogP contribution in [0.1, 0.15) is 63.0 Å². The number of Topliss-reactive ketones (excluding diaryl/α,β-unsaturated/α-hetero) is 1. The molecule has 4 rings (SSSR count). The summed E-state index contributed by atoms with van der Waals surface area (Å²) in [6.45, 7) is 6.24. The Kier molecular flexibility index (Phi) is 4.61. The van der Waals surface area contributed by atoms with Crippen LogP contribution in [0.2, 0.25) is 0 Å². The van der Waals surface area contributed by atoms with E-state index in [4.69, 9.17) is 9.47 Å². The summed E-state index contributed by atoms with van der Waals surface area (Å²) in [6.07, 6.45) is 6.52. The third-order valence-corrected chi connectivity index (χ3v) is 7.11. The standard InChI is InChI=1S/C22H30O3/c1-3-24-12-13-25-16-5-7-17-15(14-16)4-6-19-18(17)10-11-22(2)20(19)8-9-21(22)23/h5,7,14,18-20H,3-4,6,8-13H2,1-2H3/t18-,19-,20+,22+/m1/s1. The summed E-state index contributed by atoms with van der Waals surface area (Å²) in [5.41, 5.74) is 2.96. The molecule has 4 atom stereocenters. The predicted molar refractivity (Wildman–Crippen MR) is 98.1 cm³/mol. The maximum Gasteiger partial charge on any atom is 0.139 e. The van der Waals surface area contributed by atoms with Gasteiger partial charge in [-0.05, 0) is 80.0 Å². The highest BCUT2D eigenvalue weighted by Gasteiger charge is 2.54. The number of hydrogen-bond donors (Lipinski definition) is 0. The van der Waals surface area contributed by atoms with Gasteiger partial charge in [0.25, 0.3) is 0 Å². The lowest BCUT2D eigenvalue weighted by atomic mass is 9.55. The molecule has 136 valence electrons. The fourth-order valence-electron chi connectivity index (χ4n) is 5.78. The van der Waals surface area contributed by atoms with Crippen LogP contribution in [0.3, 0.4) is 0 Å². The Morgan fingerprint density at radius 3 is 2.88 bits per heavy atom. The van der Waals surface area contributed by atoms with Crippen molar-refractivity contribution in [3.8, 4) is 5.75 Å². The Labute approximate surface area is 151 Å². The molecule has 1 aromatic rings. The van der Waals surface area contributed by atoms with Gasteiger partial charge in [-0.1, -0.05) is 13.0 Å². The van der Waals surface area contributed by atoms with Crippen LogP contribution in [0.5, 0.6) is 5.75 Å². The number of carbonyl (C=O) groups excluding carboxylic acids is 1. The van der Waals surface area contributed by atoms with Crippen LogP contribution < -0.4 is 4.74 Å². The van der Waals surface area contributed by atoms with Gasteiger partial charge in [-0.3, -0.25) is 4.79 Å². The Balaban J connectivity index is 1.50. The van der Waals surface area contributed by atoms with Crippen molar-refractivity contribution in [2.45, 2.75) is 58.3 Å². The van der Waals surface area contributed by atoms with Crippen molar-refractivity contribution in [1.29, 1.82) is 0 Å². The van der Waals surface area contributed by atoms with Gasteiger partial charge in [0.2, 0.25) is 0 Å². The fourth-order valence-corrected chi connectivity index (χ4v) is 5.78. The van der Waals surface area contributed by atoms with Gasteiger partial charge in [0.1, 0.15) is 18.1 Å². The van der Waals surface area contributed by atoms with Crippen molar-refractivity contribution >= 4 is 5.78 Å². The molecule has 0 N–H and O–H groups in total. The third-order valence-electron chi connectivity index (χ3n) is 7.11. The van der Waals surface area contributed by atoms with E-state index in [-0.39, 0.29) is 5.41 Å². The monoisotopic (exact) mass is 342 g/mol. The number of ether oxygens (including phenoxy) is 2. The predicted octanol–water partition coefficient (Wildman–Crippen LogP) is 4.53. The summed E-state index contributed by atoms with van der Waals surface area (Å²) in [4.78, 5) is 12.4. The first-order valence-electron chi connectivity index (χ1n) is 10.00. The number of rotatable bonds is 5. The number of benzene rings is 1. The molecule has 0 amide bonds. The lowest BCUT2D eigenvalue weighted by Gasteiger charge is -2.48. The number of aryl methyl sites for hydroxylation is 1. The molecule has 3 aliphatic rings. The average molecular weight is 342 g/mol. The lowest BCUT2D eigenvalue weighted by Crippen LogP contribution is -2.42. The van der Waals surface area contributed by atoms with Gasteiger partial charge < -0.3 is 9.47 Å². The van der Waals surface area contributed by atoms with Gasteiger partial charge >= 0.3 is 0 Å². The van der Waals surface area contributed by atoms with Gasteiger partial charge in [-0.15, -0.1) is 0 Å². The second-order valence-corrected chi connectivity index (χ2v) is 8.24. The van der Waals surface area contributed by atoms with Gasteiger partial charge in [0, 0.05) is 18.4 Å². The van der Waals surface area contributed by atoms with E-state index < -0.39 is 0 Å². The average Bonchev–Trinajstić information content (AvgIpc) is 2.93. The van der Waals surface area contributed by atoms with Crippen LogP contribution in [0, 0.1) is 17.3 Å². The Morgan fingerprint density at radius 1 is 1.16 bits per heavy atom. The quantitative estimate of drug-likeness (QED) is 0.738. The Bertz CT molecular complexity index is 653. The zero-order valence-electron chi connectivity index (χ0n) is 15.6. The maximum atomic E-state index is 12.4. The van der Waals surface area contributed by atoms with E-state index in [2.05, 4.69) is 25.1 Å². The second kappa shape index (κ2) is 6.75. The molecule has 0 unspecified atom stereocenters. The summed E-state index contributed by atoms with van der Waals surface area (Å²) in [7, 11) is 0. The second-order valence-electron chi connectivity index (χ2n) is 8.24. The Morgan fingerprint density at radius 2 is 2.04 bits per heavy atom. The smallest absolute Gasteiger partial charge is 0.139 e. The van der Waals surface area contributed by atoms with Gasteiger partial charge in [-0.2, -0.15) is 0 Å². The SMILES string of the molecule is CCOCCOc1ccc2c(c1)CC[C@@H]1[C@@H]2CC[C@]2(C)C(=O)CC[C@@H]12. The molecule has 25 heavy (non-hydrogen) atoms. The van der Waals surface area contributed by atoms with Crippen LogP contribution in [0.25, 0.3) is 0 Å². The number of carbonyl (C=O) groups is 1. The van der Waals surface area contributed by atoms with Crippen molar-refractivity contribution in [2.75, 3.05) is 19.8 Å². The normalized spacial score (nSPS) is 33.5. The van der Waals surface area contributed by atoms with Gasteiger partial charge in [-0.25, -0.2) is 0 Å². The van der Waals surface area contributed by atoms with E-state index in [0.717, 1.165) is 38.0 Å². The van der Waals surface area contributed by atoms with Gasteiger partial charge in [0.15, 0.2) is 0 Å². The zero-order valence-corrected chi connectivity index (χ0v) is 15.6. The maximum absolute atomic E-state index is 12.4. The van der Waals surface area contributed by atoms with Crippen molar-refractivity contribution in [2.24, 2.45) is 17.3 Å². The van der Waals surface area contributed by atoms with Crippen LogP contribution in [0.15, 0.2) is 18.2 Å². The van der Waals surface area contributed by atoms with E-state index >= 15 is 0 Å². The first-order chi connectivity index (χ1) is 12.1. The summed E-state index contributed by atoms with van der Waals surface area (Å²) in [5.74, 6) is 3.44. The van der Waals surface area contributed by atoms with Crippen molar-refractivity contribution in [3.63, 3.8) is 0 Å². The minimum Gasteiger partial charge on any atom is -0.491 e. The number of hydrogen-bond acceptors (Lipinski definition) is 3. The van der Waals surface area contributed by atoms with E-state index in [1.54, 1.807) is 0 Å². The molecule has 1 aromatic carbocycles. The fraction of sp³-hybridized carbons (Fsp3) is 0.682. The van der Waals surface area contributed by atoms with E-state index in [0.29, 0.717) is 36.8 Å². The molecule has 0 saturated heterocycles. The summed E-state index contributed by atoms with van der Waals surface area (Å²) >= 11 is 0. The highest BCUT2D eigenvalue weighted by Crippen LogP contribution is 2.59. The molecular formula is C22H30O3. The Hall–Kier alpha value is -1.35. The minimum atomic E-state index is -0.0268. The van der Waals surface area contributed by atoms with Crippen LogP contribution >= 0.6 is 0 Å². The molecule has 3 nitrogen and oxygen atoms in total.